The van der Waals surface area contributed by atoms with Crippen molar-refractivity contribution in [3.63, 3.8) is 0 Å². The van der Waals surface area contributed by atoms with Crippen molar-refractivity contribution in [3.05, 3.63) is 35.0 Å². The van der Waals surface area contributed by atoms with Crippen LogP contribution in [0, 0.1) is 0 Å². The van der Waals surface area contributed by atoms with E-state index in [1.165, 1.54) is 6.33 Å². The summed E-state index contributed by atoms with van der Waals surface area (Å²) >= 11 is 6.06. The van der Waals surface area contributed by atoms with Gasteiger partial charge in [0.1, 0.15) is 17.3 Å². The van der Waals surface area contributed by atoms with Gasteiger partial charge < -0.3 is 5.32 Å². The molecule has 2 heterocycles. The molecule has 0 saturated carbocycles. The zero-order valence-electron chi connectivity index (χ0n) is 10.7. The molecule has 1 atom stereocenters. The van der Waals surface area contributed by atoms with Gasteiger partial charge in [0, 0.05) is 24.4 Å². The molecule has 0 bridgehead atoms. The Morgan fingerprint density at radius 2 is 2.22 bits per heavy atom. The number of hydrogen-bond acceptors (Lipinski definition) is 4. The van der Waals surface area contributed by atoms with Gasteiger partial charge in [0.05, 0.1) is 12.2 Å². The summed E-state index contributed by atoms with van der Waals surface area (Å²) in [5, 5.41) is 8.01. The minimum Gasteiger partial charge on any atom is -0.363 e. The first-order valence-electron chi connectivity index (χ1n) is 5.86. The van der Waals surface area contributed by atoms with Crippen LogP contribution in [0.15, 0.2) is 18.7 Å². The molecule has 1 N–H and O–H groups in total. The van der Waals surface area contributed by atoms with Crippen LogP contribution in [0.5, 0.6) is 0 Å². The van der Waals surface area contributed by atoms with Crippen molar-refractivity contribution in [2.75, 3.05) is 5.32 Å². The lowest BCUT2D eigenvalue weighted by molar-refractivity contribution is 0.765. The van der Waals surface area contributed by atoms with E-state index in [-0.39, 0.29) is 6.04 Å². The molecule has 0 amide bonds. The summed E-state index contributed by atoms with van der Waals surface area (Å²) in [6, 6.07) is 0.120. The Labute approximate surface area is 111 Å². The van der Waals surface area contributed by atoms with Crippen LogP contribution < -0.4 is 5.32 Å². The van der Waals surface area contributed by atoms with Crippen molar-refractivity contribution >= 4 is 17.4 Å². The molecule has 96 valence electrons. The van der Waals surface area contributed by atoms with Gasteiger partial charge in [-0.3, -0.25) is 4.68 Å². The standard InChI is InChI=1S/C12H16ClN5/c1-4-10-11(13)14-7-15-12(10)17-8(2)9-5-16-18(3)6-9/h5-8H,4H2,1-3H3,(H,14,15,17). The van der Waals surface area contributed by atoms with Gasteiger partial charge in [0.15, 0.2) is 0 Å². The van der Waals surface area contributed by atoms with E-state index < -0.39 is 0 Å². The molecule has 0 aliphatic rings. The third-order valence-corrected chi connectivity index (χ3v) is 3.15. The van der Waals surface area contributed by atoms with Gasteiger partial charge >= 0.3 is 0 Å². The molecule has 0 aliphatic heterocycles. The molecule has 0 radical (unpaired) electrons. The molecular weight excluding hydrogens is 250 g/mol. The molecule has 18 heavy (non-hydrogen) atoms. The van der Waals surface area contributed by atoms with Crippen LogP contribution in [0.1, 0.15) is 31.0 Å². The van der Waals surface area contributed by atoms with Gasteiger partial charge in [-0.25, -0.2) is 9.97 Å². The second-order valence-electron chi connectivity index (χ2n) is 4.16. The molecule has 2 rings (SSSR count). The Hall–Kier alpha value is -1.62. The zero-order chi connectivity index (χ0) is 13.1. The molecule has 6 heteroatoms. The summed E-state index contributed by atoms with van der Waals surface area (Å²) in [5.74, 6) is 0.786. The topological polar surface area (TPSA) is 55.6 Å². The predicted octanol–water partition coefficient (Wildman–Crippen LogP) is 2.60. The van der Waals surface area contributed by atoms with E-state index in [1.54, 1.807) is 4.68 Å². The molecule has 0 saturated heterocycles. The normalized spacial score (nSPS) is 12.4. The summed E-state index contributed by atoms with van der Waals surface area (Å²) < 4.78 is 1.78. The average molecular weight is 266 g/mol. The van der Waals surface area contributed by atoms with Gasteiger partial charge in [0.25, 0.3) is 0 Å². The van der Waals surface area contributed by atoms with Gasteiger partial charge in [-0.05, 0) is 13.3 Å². The summed E-state index contributed by atoms with van der Waals surface area (Å²) in [5.41, 5.74) is 2.05. The molecule has 0 aromatic carbocycles. The predicted molar refractivity (Wildman–Crippen MR) is 71.7 cm³/mol. The summed E-state index contributed by atoms with van der Waals surface area (Å²) in [6.45, 7) is 4.09. The molecule has 1 unspecified atom stereocenters. The molecule has 2 aromatic heterocycles. The van der Waals surface area contributed by atoms with E-state index in [0.717, 1.165) is 23.4 Å². The molecule has 0 aliphatic carbocycles. The summed E-state index contributed by atoms with van der Waals surface area (Å²) in [4.78, 5) is 8.24. The second-order valence-corrected chi connectivity index (χ2v) is 4.52. The lowest BCUT2D eigenvalue weighted by Gasteiger charge is -2.15. The van der Waals surface area contributed by atoms with Crippen LogP contribution in [0.25, 0.3) is 0 Å². The highest BCUT2D eigenvalue weighted by atomic mass is 35.5. The van der Waals surface area contributed by atoms with Gasteiger partial charge in [-0.2, -0.15) is 5.10 Å². The number of anilines is 1. The fraction of sp³-hybridized carbons (Fsp3) is 0.417. The number of aromatic nitrogens is 4. The van der Waals surface area contributed by atoms with E-state index in [4.69, 9.17) is 11.6 Å². The van der Waals surface area contributed by atoms with Crippen LogP contribution in [-0.4, -0.2) is 19.7 Å². The first-order valence-corrected chi connectivity index (χ1v) is 6.24. The van der Waals surface area contributed by atoms with Crippen molar-refractivity contribution in [1.82, 2.24) is 19.7 Å². The Balaban J connectivity index is 2.21. The highest BCUT2D eigenvalue weighted by molar-refractivity contribution is 6.30. The number of hydrogen-bond donors (Lipinski definition) is 1. The highest BCUT2D eigenvalue weighted by Gasteiger charge is 2.12. The number of nitrogens with one attached hydrogen (secondary N) is 1. The zero-order valence-corrected chi connectivity index (χ0v) is 11.4. The van der Waals surface area contributed by atoms with E-state index in [1.807, 2.05) is 26.4 Å². The van der Waals surface area contributed by atoms with E-state index >= 15 is 0 Å². The fourth-order valence-electron chi connectivity index (χ4n) is 1.78. The quantitative estimate of drug-likeness (QED) is 0.864. The van der Waals surface area contributed by atoms with Crippen LogP contribution in [0.3, 0.4) is 0 Å². The molecular formula is C12H16ClN5. The lowest BCUT2D eigenvalue weighted by atomic mass is 10.1. The minimum absolute atomic E-state index is 0.120. The lowest BCUT2D eigenvalue weighted by Crippen LogP contribution is -2.10. The van der Waals surface area contributed by atoms with Gasteiger partial charge in [-0.15, -0.1) is 0 Å². The minimum atomic E-state index is 0.120. The molecule has 2 aromatic rings. The Morgan fingerprint density at radius 3 is 2.83 bits per heavy atom. The van der Waals surface area contributed by atoms with Crippen molar-refractivity contribution in [2.45, 2.75) is 26.3 Å². The molecule has 0 fully saturated rings. The van der Waals surface area contributed by atoms with Crippen molar-refractivity contribution < 1.29 is 0 Å². The van der Waals surface area contributed by atoms with Crippen molar-refractivity contribution in [2.24, 2.45) is 7.05 Å². The third-order valence-electron chi connectivity index (χ3n) is 2.82. The first-order chi connectivity index (χ1) is 8.61. The van der Waals surface area contributed by atoms with Crippen LogP contribution in [0.4, 0.5) is 5.82 Å². The Kier molecular flexibility index (Phi) is 3.81. The van der Waals surface area contributed by atoms with Crippen LogP contribution in [0.2, 0.25) is 5.15 Å². The van der Waals surface area contributed by atoms with E-state index in [2.05, 4.69) is 27.3 Å². The number of aryl methyl sites for hydroxylation is 1. The summed E-state index contributed by atoms with van der Waals surface area (Å²) in [7, 11) is 1.90. The number of nitrogens with zero attached hydrogens (tertiary/aromatic N) is 4. The highest BCUT2D eigenvalue weighted by Crippen LogP contribution is 2.24. The van der Waals surface area contributed by atoms with Crippen LogP contribution >= 0.6 is 11.6 Å². The average Bonchev–Trinajstić information content (AvgIpc) is 2.76. The number of halogens is 1. The summed E-state index contributed by atoms with van der Waals surface area (Å²) in [6.07, 6.45) is 6.08. The van der Waals surface area contributed by atoms with Crippen molar-refractivity contribution in [1.29, 1.82) is 0 Å². The van der Waals surface area contributed by atoms with Gasteiger partial charge in [-0.1, -0.05) is 18.5 Å². The second kappa shape index (κ2) is 5.35. The van der Waals surface area contributed by atoms with E-state index in [9.17, 15) is 0 Å². The van der Waals surface area contributed by atoms with Gasteiger partial charge in [0.2, 0.25) is 0 Å². The SMILES string of the molecule is CCc1c(Cl)ncnc1NC(C)c1cnn(C)c1. The molecule has 5 nitrogen and oxygen atoms in total. The largest absolute Gasteiger partial charge is 0.363 e. The smallest absolute Gasteiger partial charge is 0.137 e. The first kappa shape index (κ1) is 12.8. The van der Waals surface area contributed by atoms with E-state index in [0.29, 0.717) is 5.15 Å². The maximum absolute atomic E-state index is 6.06. The third kappa shape index (κ3) is 2.61. The van der Waals surface area contributed by atoms with Crippen molar-refractivity contribution in [3.8, 4) is 0 Å². The maximum atomic E-state index is 6.06. The van der Waals surface area contributed by atoms with Crippen LogP contribution in [-0.2, 0) is 13.5 Å². The maximum Gasteiger partial charge on any atom is 0.137 e. The molecule has 0 spiro atoms. The number of rotatable bonds is 4. The Bertz CT molecular complexity index is 537. The Morgan fingerprint density at radius 1 is 1.44 bits per heavy atom. The monoisotopic (exact) mass is 265 g/mol. The fourth-order valence-corrected chi connectivity index (χ4v) is 2.05.